The van der Waals surface area contributed by atoms with Gasteiger partial charge in [0, 0.05) is 13.1 Å². The highest BCUT2D eigenvalue weighted by atomic mass is 16.5. The van der Waals surface area contributed by atoms with Crippen LogP contribution in [0.3, 0.4) is 0 Å². The van der Waals surface area contributed by atoms with Crippen LogP contribution in [-0.2, 0) is 9.53 Å². The molecule has 1 aromatic carbocycles. The molecule has 17 heavy (non-hydrogen) atoms. The van der Waals surface area contributed by atoms with Crippen LogP contribution in [0.1, 0.15) is 18.9 Å². The summed E-state index contributed by atoms with van der Waals surface area (Å²) in [5.74, 6) is -0.162. The van der Waals surface area contributed by atoms with Crippen molar-refractivity contribution in [2.45, 2.75) is 13.3 Å². The summed E-state index contributed by atoms with van der Waals surface area (Å²) >= 11 is 0. The lowest BCUT2D eigenvalue weighted by Gasteiger charge is -2.07. The molecule has 0 unspecified atom stereocenters. The van der Waals surface area contributed by atoms with E-state index in [1.807, 2.05) is 37.3 Å². The van der Waals surface area contributed by atoms with Crippen molar-refractivity contribution < 1.29 is 9.53 Å². The molecule has 0 radical (unpaired) electrons. The molecule has 0 fully saturated rings. The Morgan fingerprint density at radius 1 is 1.35 bits per heavy atom. The van der Waals surface area contributed by atoms with Gasteiger partial charge in [-0.25, -0.2) is 0 Å². The number of ether oxygens (including phenoxy) is 1. The van der Waals surface area contributed by atoms with Crippen LogP contribution in [-0.4, -0.2) is 25.7 Å². The van der Waals surface area contributed by atoms with Gasteiger partial charge in [0.2, 0.25) is 0 Å². The summed E-state index contributed by atoms with van der Waals surface area (Å²) in [6.07, 6.45) is 0.399. The Kier molecular flexibility index (Phi) is 6.04. The van der Waals surface area contributed by atoms with Crippen molar-refractivity contribution in [3.63, 3.8) is 0 Å². The highest BCUT2D eigenvalue weighted by Gasteiger charge is 2.01. The minimum Gasteiger partial charge on any atom is -0.466 e. The van der Waals surface area contributed by atoms with Crippen molar-refractivity contribution >= 4 is 11.5 Å². The van der Waals surface area contributed by atoms with Gasteiger partial charge < -0.3 is 10.1 Å². The van der Waals surface area contributed by atoms with Gasteiger partial charge in [0.05, 0.1) is 13.0 Å². The fraction of sp³-hybridized carbons (Fsp3) is 0.357. The van der Waals surface area contributed by atoms with E-state index < -0.39 is 0 Å². The normalized spacial score (nSPS) is 9.94. The zero-order valence-electron chi connectivity index (χ0n) is 10.2. The molecule has 0 aliphatic carbocycles. The van der Waals surface area contributed by atoms with Crippen LogP contribution in [0.25, 0.3) is 5.57 Å². The second-order valence-corrected chi connectivity index (χ2v) is 3.70. The number of rotatable bonds is 7. The average Bonchev–Trinajstić information content (AvgIpc) is 2.36. The predicted octanol–water partition coefficient (Wildman–Crippen LogP) is 2.24. The number of nitrogens with one attached hydrogen (secondary N) is 1. The number of carbonyl (C=O) groups excluding carboxylic acids is 1. The van der Waals surface area contributed by atoms with Crippen molar-refractivity contribution in [2.75, 3.05) is 19.7 Å². The summed E-state index contributed by atoms with van der Waals surface area (Å²) in [4.78, 5) is 11.1. The maximum Gasteiger partial charge on any atom is 0.307 e. The minimum atomic E-state index is -0.162. The summed E-state index contributed by atoms with van der Waals surface area (Å²) < 4.78 is 4.83. The Bertz CT molecular complexity index is 360. The molecule has 92 valence electrons. The lowest BCUT2D eigenvalue weighted by molar-refractivity contribution is -0.142. The van der Waals surface area contributed by atoms with Crippen LogP contribution in [0.15, 0.2) is 36.9 Å². The molecule has 0 saturated carbocycles. The molecule has 0 atom stereocenters. The molecule has 1 rings (SSSR count). The molecule has 3 nitrogen and oxygen atoms in total. The van der Waals surface area contributed by atoms with Crippen molar-refractivity contribution in [3.05, 3.63) is 42.5 Å². The first-order valence-corrected chi connectivity index (χ1v) is 5.83. The second-order valence-electron chi connectivity index (χ2n) is 3.70. The molecule has 0 spiro atoms. The van der Waals surface area contributed by atoms with Gasteiger partial charge in [-0.1, -0.05) is 36.9 Å². The first-order valence-electron chi connectivity index (χ1n) is 5.83. The van der Waals surface area contributed by atoms with Crippen LogP contribution in [0.4, 0.5) is 0 Å². The lowest BCUT2D eigenvalue weighted by Crippen LogP contribution is -2.21. The zero-order chi connectivity index (χ0) is 12.5. The molecular weight excluding hydrogens is 214 g/mol. The molecular formula is C14H19NO2. The van der Waals surface area contributed by atoms with Gasteiger partial charge >= 0.3 is 5.97 Å². The van der Waals surface area contributed by atoms with Crippen LogP contribution >= 0.6 is 0 Å². The van der Waals surface area contributed by atoms with Gasteiger partial charge in [-0.2, -0.15) is 0 Å². The quantitative estimate of drug-likeness (QED) is 0.580. The smallest absolute Gasteiger partial charge is 0.307 e. The Hall–Kier alpha value is -1.61. The summed E-state index contributed by atoms with van der Waals surface area (Å²) in [6, 6.07) is 9.99. The predicted molar refractivity (Wildman–Crippen MR) is 69.6 cm³/mol. The Labute approximate surface area is 102 Å². The van der Waals surface area contributed by atoms with Gasteiger partial charge in [0.25, 0.3) is 0 Å². The molecule has 0 amide bonds. The minimum absolute atomic E-state index is 0.162. The highest BCUT2D eigenvalue weighted by Crippen LogP contribution is 2.09. The monoisotopic (exact) mass is 233 g/mol. The molecule has 1 aromatic rings. The van der Waals surface area contributed by atoms with Crippen molar-refractivity contribution in [2.24, 2.45) is 0 Å². The topological polar surface area (TPSA) is 38.3 Å². The van der Waals surface area contributed by atoms with Gasteiger partial charge in [0.15, 0.2) is 0 Å². The highest BCUT2D eigenvalue weighted by molar-refractivity contribution is 5.69. The molecule has 0 aliphatic heterocycles. The van der Waals surface area contributed by atoms with Gasteiger partial charge in [-0.3, -0.25) is 4.79 Å². The van der Waals surface area contributed by atoms with E-state index in [2.05, 4.69) is 11.9 Å². The fourth-order valence-electron chi connectivity index (χ4n) is 1.44. The molecule has 0 heterocycles. The van der Waals surface area contributed by atoms with Gasteiger partial charge in [-0.15, -0.1) is 0 Å². The third kappa shape index (κ3) is 5.31. The number of benzene rings is 1. The van der Waals surface area contributed by atoms with Crippen LogP contribution in [0.2, 0.25) is 0 Å². The van der Waals surface area contributed by atoms with Crippen LogP contribution in [0.5, 0.6) is 0 Å². The van der Waals surface area contributed by atoms with Crippen LogP contribution < -0.4 is 5.32 Å². The van der Waals surface area contributed by atoms with E-state index in [0.717, 1.165) is 11.1 Å². The van der Waals surface area contributed by atoms with Gasteiger partial charge in [-0.05, 0) is 18.1 Å². The molecule has 0 bridgehead atoms. The molecule has 0 saturated heterocycles. The first kappa shape index (κ1) is 13.5. The zero-order valence-corrected chi connectivity index (χ0v) is 10.2. The number of hydrogen-bond donors (Lipinski definition) is 1. The summed E-state index contributed by atoms with van der Waals surface area (Å²) in [7, 11) is 0. The Balaban J connectivity index is 2.19. The standard InChI is InChI=1S/C14H19NO2/c1-3-17-14(16)9-10-15-11-12(2)13-7-5-4-6-8-13/h4-8,15H,2-3,9-11H2,1H3. The molecule has 0 aliphatic rings. The van der Waals surface area contributed by atoms with Crippen LogP contribution in [0, 0.1) is 0 Å². The fourth-order valence-corrected chi connectivity index (χ4v) is 1.44. The molecule has 3 heteroatoms. The van der Waals surface area contributed by atoms with Crippen molar-refractivity contribution in [1.82, 2.24) is 5.32 Å². The SMILES string of the molecule is C=C(CNCCC(=O)OCC)c1ccccc1. The first-order chi connectivity index (χ1) is 8.24. The summed E-state index contributed by atoms with van der Waals surface area (Å²) in [5.41, 5.74) is 2.14. The van der Waals surface area contributed by atoms with E-state index in [4.69, 9.17) is 4.74 Å². The molecule has 1 N–H and O–H groups in total. The van der Waals surface area contributed by atoms with E-state index in [0.29, 0.717) is 26.1 Å². The number of hydrogen-bond acceptors (Lipinski definition) is 3. The van der Waals surface area contributed by atoms with Crippen molar-refractivity contribution in [1.29, 1.82) is 0 Å². The molecule has 0 aromatic heterocycles. The van der Waals surface area contributed by atoms with Gasteiger partial charge in [0.1, 0.15) is 0 Å². The average molecular weight is 233 g/mol. The van der Waals surface area contributed by atoms with E-state index >= 15 is 0 Å². The number of carbonyl (C=O) groups is 1. The van der Waals surface area contributed by atoms with Crippen molar-refractivity contribution in [3.8, 4) is 0 Å². The van der Waals surface area contributed by atoms with E-state index in [-0.39, 0.29) is 5.97 Å². The lowest BCUT2D eigenvalue weighted by atomic mass is 10.1. The second kappa shape index (κ2) is 7.63. The van der Waals surface area contributed by atoms with E-state index in [1.54, 1.807) is 0 Å². The maximum atomic E-state index is 11.1. The maximum absolute atomic E-state index is 11.1. The largest absolute Gasteiger partial charge is 0.466 e. The van der Waals surface area contributed by atoms with E-state index in [1.165, 1.54) is 0 Å². The van der Waals surface area contributed by atoms with E-state index in [9.17, 15) is 4.79 Å². The Morgan fingerprint density at radius 3 is 2.71 bits per heavy atom. The third-order valence-electron chi connectivity index (χ3n) is 2.33. The third-order valence-corrected chi connectivity index (χ3v) is 2.33. The Morgan fingerprint density at radius 2 is 2.06 bits per heavy atom. The summed E-state index contributed by atoms with van der Waals surface area (Å²) in [5, 5.41) is 3.17. The summed E-state index contributed by atoms with van der Waals surface area (Å²) in [6.45, 7) is 7.55. The number of esters is 1.